The zero-order valence-corrected chi connectivity index (χ0v) is 12.7. The maximum atomic E-state index is 6.19. The van der Waals surface area contributed by atoms with Crippen molar-refractivity contribution in [3.8, 4) is 0 Å². The number of hydrogen-bond acceptors (Lipinski definition) is 2. The number of aryl methyl sites for hydroxylation is 1. The topological polar surface area (TPSA) is 38.0 Å². The normalized spacial score (nSPS) is 10.2. The van der Waals surface area contributed by atoms with Gasteiger partial charge in [-0.15, -0.1) is 0 Å². The SMILES string of the molecule is NC(=S)c1ccc(NCCCc2ccccc2)c(Cl)c1. The molecule has 0 aliphatic carbocycles. The lowest BCUT2D eigenvalue weighted by Gasteiger charge is -2.09. The Balaban J connectivity index is 1.84. The minimum atomic E-state index is 0.363. The van der Waals surface area contributed by atoms with Crippen LogP contribution in [0.1, 0.15) is 17.5 Å². The van der Waals surface area contributed by atoms with Crippen molar-refractivity contribution < 1.29 is 0 Å². The summed E-state index contributed by atoms with van der Waals surface area (Å²) in [4.78, 5) is 0.363. The van der Waals surface area contributed by atoms with Crippen molar-refractivity contribution in [2.45, 2.75) is 12.8 Å². The first kappa shape index (κ1) is 14.8. The van der Waals surface area contributed by atoms with E-state index in [4.69, 9.17) is 29.6 Å². The summed E-state index contributed by atoms with van der Waals surface area (Å²) in [5, 5.41) is 3.98. The lowest BCUT2D eigenvalue weighted by Crippen LogP contribution is -2.10. The van der Waals surface area contributed by atoms with Crippen LogP contribution < -0.4 is 11.1 Å². The predicted octanol–water partition coefficient (Wildman–Crippen LogP) is 4.02. The molecule has 0 saturated carbocycles. The largest absolute Gasteiger partial charge is 0.389 e. The highest BCUT2D eigenvalue weighted by molar-refractivity contribution is 7.80. The van der Waals surface area contributed by atoms with Gasteiger partial charge in [0.2, 0.25) is 0 Å². The van der Waals surface area contributed by atoms with Crippen LogP contribution in [0.15, 0.2) is 48.5 Å². The summed E-state index contributed by atoms with van der Waals surface area (Å²) >= 11 is 11.1. The van der Waals surface area contributed by atoms with Gasteiger partial charge in [-0.3, -0.25) is 0 Å². The molecule has 0 saturated heterocycles. The number of thiocarbonyl (C=S) groups is 1. The standard InChI is InChI=1S/C16H17ClN2S/c17-14-11-13(16(18)20)8-9-15(14)19-10-4-7-12-5-2-1-3-6-12/h1-3,5-6,8-9,11,19H,4,7,10H2,(H2,18,20). The Kier molecular flexibility index (Phi) is 5.39. The highest BCUT2D eigenvalue weighted by Crippen LogP contribution is 2.23. The predicted molar refractivity (Wildman–Crippen MR) is 90.6 cm³/mol. The van der Waals surface area contributed by atoms with Gasteiger partial charge in [0.15, 0.2) is 0 Å². The molecule has 4 heteroatoms. The zero-order valence-electron chi connectivity index (χ0n) is 11.1. The fraction of sp³-hybridized carbons (Fsp3) is 0.188. The van der Waals surface area contributed by atoms with E-state index in [-0.39, 0.29) is 0 Å². The summed E-state index contributed by atoms with van der Waals surface area (Å²) in [6.07, 6.45) is 2.10. The minimum absolute atomic E-state index is 0.363. The third-order valence-corrected chi connectivity index (χ3v) is 3.60. The summed E-state index contributed by atoms with van der Waals surface area (Å²) < 4.78 is 0. The molecule has 2 aromatic carbocycles. The van der Waals surface area contributed by atoms with Gasteiger partial charge in [0.05, 0.1) is 10.7 Å². The van der Waals surface area contributed by atoms with Crippen molar-refractivity contribution in [2.75, 3.05) is 11.9 Å². The third-order valence-electron chi connectivity index (χ3n) is 3.05. The van der Waals surface area contributed by atoms with E-state index in [1.807, 2.05) is 18.2 Å². The van der Waals surface area contributed by atoms with Crippen LogP contribution in [0, 0.1) is 0 Å². The first-order chi connectivity index (χ1) is 9.66. The Morgan fingerprint density at radius 3 is 2.55 bits per heavy atom. The van der Waals surface area contributed by atoms with Crippen LogP contribution in [-0.4, -0.2) is 11.5 Å². The fourth-order valence-electron chi connectivity index (χ4n) is 1.97. The zero-order chi connectivity index (χ0) is 14.4. The molecule has 20 heavy (non-hydrogen) atoms. The number of anilines is 1. The molecule has 0 aliphatic rings. The van der Waals surface area contributed by atoms with Crippen molar-refractivity contribution in [2.24, 2.45) is 5.73 Å². The molecule has 2 nitrogen and oxygen atoms in total. The highest BCUT2D eigenvalue weighted by Gasteiger charge is 2.03. The molecular weight excluding hydrogens is 288 g/mol. The molecule has 0 radical (unpaired) electrons. The van der Waals surface area contributed by atoms with Crippen LogP contribution in [0.4, 0.5) is 5.69 Å². The molecule has 2 aromatic rings. The number of hydrogen-bond donors (Lipinski definition) is 2. The van der Waals surface area contributed by atoms with Gasteiger partial charge >= 0.3 is 0 Å². The van der Waals surface area contributed by atoms with Crippen LogP contribution in [-0.2, 0) is 6.42 Å². The molecular formula is C16H17ClN2S. The molecule has 3 N–H and O–H groups in total. The van der Waals surface area contributed by atoms with Crippen molar-refractivity contribution >= 4 is 34.5 Å². The van der Waals surface area contributed by atoms with Crippen LogP contribution in [0.2, 0.25) is 5.02 Å². The van der Waals surface area contributed by atoms with E-state index >= 15 is 0 Å². The van der Waals surface area contributed by atoms with Gasteiger partial charge in [0, 0.05) is 12.1 Å². The molecule has 0 fully saturated rings. The van der Waals surface area contributed by atoms with E-state index in [9.17, 15) is 0 Å². The number of nitrogens with two attached hydrogens (primary N) is 1. The van der Waals surface area contributed by atoms with Gasteiger partial charge in [-0.2, -0.15) is 0 Å². The molecule has 0 aromatic heterocycles. The van der Waals surface area contributed by atoms with E-state index in [0.29, 0.717) is 10.0 Å². The molecule has 0 atom stereocenters. The monoisotopic (exact) mass is 304 g/mol. The lowest BCUT2D eigenvalue weighted by molar-refractivity contribution is 0.863. The molecule has 0 bridgehead atoms. The van der Waals surface area contributed by atoms with Crippen LogP contribution in [0.3, 0.4) is 0 Å². The molecule has 0 heterocycles. The first-order valence-corrected chi connectivity index (χ1v) is 7.32. The van der Waals surface area contributed by atoms with E-state index in [2.05, 4.69) is 29.6 Å². The van der Waals surface area contributed by atoms with E-state index in [1.165, 1.54) is 5.56 Å². The number of halogens is 1. The molecule has 104 valence electrons. The molecule has 0 amide bonds. The van der Waals surface area contributed by atoms with Crippen molar-refractivity contribution in [3.63, 3.8) is 0 Å². The van der Waals surface area contributed by atoms with Crippen molar-refractivity contribution in [1.82, 2.24) is 0 Å². The summed E-state index contributed by atoms with van der Waals surface area (Å²) in [6, 6.07) is 16.0. The Bertz CT molecular complexity index is 584. The average molecular weight is 305 g/mol. The second-order valence-corrected chi connectivity index (χ2v) is 5.42. The second-order valence-electron chi connectivity index (χ2n) is 4.57. The van der Waals surface area contributed by atoms with E-state index < -0.39 is 0 Å². The van der Waals surface area contributed by atoms with Crippen molar-refractivity contribution in [3.05, 3.63) is 64.7 Å². The van der Waals surface area contributed by atoms with Gasteiger partial charge in [-0.1, -0.05) is 54.2 Å². The Morgan fingerprint density at radius 2 is 1.90 bits per heavy atom. The third kappa shape index (κ3) is 4.22. The summed E-state index contributed by atoms with van der Waals surface area (Å²) in [6.45, 7) is 0.876. The van der Waals surface area contributed by atoms with E-state index in [0.717, 1.165) is 30.6 Å². The second kappa shape index (κ2) is 7.27. The maximum Gasteiger partial charge on any atom is 0.104 e. The summed E-state index contributed by atoms with van der Waals surface area (Å²) in [5.41, 5.74) is 8.63. The number of rotatable bonds is 6. The lowest BCUT2D eigenvalue weighted by atomic mass is 10.1. The van der Waals surface area contributed by atoms with Gasteiger partial charge in [-0.25, -0.2) is 0 Å². The smallest absolute Gasteiger partial charge is 0.104 e. The molecule has 2 rings (SSSR count). The number of nitrogens with one attached hydrogen (secondary N) is 1. The van der Waals surface area contributed by atoms with Crippen molar-refractivity contribution in [1.29, 1.82) is 0 Å². The maximum absolute atomic E-state index is 6.19. The Hall–Kier alpha value is -1.58. The molecule has 0 aliphatic heterocycles. The molecule has 0 spiro atoms. The molecule has 0 unspecified atom stereocenters. The van der Waals surface area contributed by atoms with Crippen LogP contribution in [0.25, 0.3) is 0 Å². The summed E-state index contributed by atoms with van der Waals surface area (Å²) in [5.74, 6) is 0. The van der Waals surface area contributed by atoms with Gasteiger partial charge in [0.1, 0.15) is 4.99 Å². The fourth-order valence-corrected chi connectivity index (χ4v) is 2.35. The van der Waals surface area contributed by atoms with Gasteiger partial charge in [-0.05, 0) is 36.6 Å². The number of benzene rings is 2. The minimum Gasteiger partial charge on any atom is -0.389 e. The summed E-state index contributed by atoms with van der Waals surface area (Å²) in [7, 11) is 0. The Morgan fingerprint density at radius 1 is 1.15 bits per heavy atom. The highest BCUT2D eigenvalue weighted by atomic mass is 35.5. The average Bonchev–Trinajstić information content (AvgIpc) is 2.46. The van der Waals surface area contributed by atoms with Crippen LogP contribution in [0.5, 0.6) is 0 Å². The Labute approximate surface area is 130 Å². The van der Waals surface area contributed by atoms with Gasteiger partial charge < -0.3 is 11.1 Å². The van der Waals surface area contributed by atoms with E-state index in [1.54, 1.807) is 6.07 Å². The quantitative estimate of drug-likeness (QED) is 0.625. The first-order valence-electron chi connectivity index (χ1n) is 6.54. The van der Waals surface area contributed by atoms with Gasteiger partial charge in [0.25, 0.3) is 0 Å². The van der Waals surface area contributed by atoms with Crippen LogP contribution >= 0.6 is 23.8 Å².